The smallest absolute Gasteiger partial charge is 0.323 e. The van der Waals surface area contributed by atoms with Crippen LogP contribution in [0.5, 0.6) is 0 Å². The summed E-state index contributed by atoms with van der Waals surface area (Å²) in [5.41, 5.74) is 0.281. The molecule has 1 amide bonds. The molecule has 0 aliphatic heterocycles. The second kappa shape index (κ2) is 8.31. The van der Waals surface area contributed by atoms with Crippen molar-refractivity contribution in [3.8, 4) is 0 Å². The first-order chi connectivity index (χ1) is 9.57. The molecule has 0 fully saturated rings. The lowest BCUT2D eigenvalue weighted by Crippen LogP contribution is -2.27. The fourth-order valence-corrected chi connectivity index (χ4v) is 1.73. The van der Waals surface area contributed by atoms with Crippen LogP contribution in [0.3, 0.4) is 0 Å². The fourth-order valence-electron chi connectivity index (χ4n) is 1.73. The first-order valence-corrected chi connectivity index (χ1v) is 6.74. The van der Waals surface area contributed by atoms with Gasteiger partial charge in [0.15, 0.2) is 5.69 Å². The van der Waals surface area contributed by atoms with Crippen molar-refractivity contribution in [3.05, 3.63) is 27.9 Å². The molecule has 1 heterocycles. The zero-order chi connectivity index (χ0) is 15.0. The number of nitrogens with one attached hydrogen (secondary N) is 1. The lowest BCUT2D eigenvalue weighted by Gasteiger charge is -2.05. The van der Waals surface area contributed by atoms with Gasteiger partial charge in [0.1, 0.15) is 0 Å². The number of carbonyl (C=O) groups is 1. The summed E-state index contributed by atoms with van der Waals surface area (Å²) in [6, 6.07) is 2.77. The summed E-state index contributed by atoms with van der Waals surface area (Å²) < 4.78 is 6.65. The van der Waals surface area contributed by atoms with Crippen LogP contribution in [-0.2, 0) is 11.8 Å². The van der Waals surface area contributed by atoms with E-state index in [1.165, 1.54) is 23.7 Å². The molecule has 0 saturated carbocycles. The van der Waals surface area contributed by atoms with E-state index in [1.807, 2.05) is 0 Å². The van der Waals surface area contributed by atoms with E-state index in [1.54, 1.807) is 0 Å². The van der Waals surface area contributed by atoms with Crippen LogP contribution in [0.4, 0.5) is 5.82 Å². The van der Waals surface area contributed by atoms with E-state index in [-0.39, 0.29) is 17.4 Å². The molecule has 1 N–H and O–H groups in total. The highest BCUT2D eigenvalue weighted by molar-refractivity contribution is 5.93. The lowest BCUT2D eigenvalue weighted by atomic mass is 10.3. The Hall–Kier alpha value is -1.89. The number of hydrogen-bond acceptors (Lipinski definition) is 4. The molecule has 112 valence electrons. The van der Waals surface area contributed by atoms with E-state index in [2.05, 4.69) is 12.2 Å². The number of ether oxygens (including phenoxy) is 1. The summed E-state index contributed by atoms with van der Waals surface area (Å²) in [6.45, 7) is 3.94. The highest BCUT2D eigenvalue weighted by atomic mass is 16.6. The molecule has 0 saturated heterocycles. The van der Waals surface area contributed by atoms with Gasteiger partial charge in [0, 0.05) is 25.8 Å². The monoisotopic (exact) mass is 283 g/mol. The van der Waals surface area contributed by atoms with Crippen molar-refractivity contribution in [1.82, 2.24) is 9.88 Å². The Morgan fingerprint density at radius 3 is 2.70 bits per heavy atom. The van der Waals surface area contributed by atoms with Gasteiger partial charge in [-0.05, 0) is 23.8 Å². The summed E-state index contributed by atoms with van der Waals surface area (Å²) in [6.07, 6.45) is 2.87. The molecule has 7 heteroatoms. The summed E-state index contributed by atoms with van der Waals surface area (Å²) in [5.74, 6) is -0.410. The van der Waals surface area contributed by atoms with Crippen LogP contribution in [0.25, 0.3) is 0 Å². The van der Waals surface area contributed by atoms with E-state index in [4.69, 9.17) is 4.74 Å². The Bertz CT molecular complexity index is 456. The zero-order valence-corrected chi connectivity index (χ0v) is 11.9. The van der Waals surface area contributed by atoms with Gasteiger partial charge >= 0.3 is 5.82 Å². The van der Waals surface area contributed by atoms with Crippen LogP contribution < -0.4 is 5.32 Å². The van der Waals surface area contributed by atoms with Crippen LogP contribution in [0.2, 0.25) is 0 Å². The van der Waals surface area contributed by atoms with E-state index < -0.39 is 4.92 Å². The molecule has 1 rings (SSSR count). The van der Waals surface area contributed by atoms with Crippen molar-refractivity contribution < 1.29 is 14.5 Å². The minimum Gasteiger partial charge on any atom is -0.381 e. The standard InChI is InChI=1S/C13H21N3O4/c1-3-4-9-20-10-5-8-14-13(17)11-6-7-12(15(11)2)16(18)19/h6-7H,3-5,8-10H2,1-2H3,(H,14,17). The van der Waals surface area contributed by atoms with Crippen LogP contribution >= 0.6 is 0 Å². The number of nitro groups is 1. The molecule has 20 heavy (non-hydrogen) atoms. The molecule has 7 nitrogen and oxygen atoms in total. The van der Waals surface area contributed by atoms with Crippen molar-refractivity contribution >= 4 is 11.7 Å². The zero-order valence-electron chi connectivity index (χ0n) is 11.9. The molecule has 1 aromatic rings. The number of nitrogens with zero attached hydrogens (tertiary/aromatic N) is 2. The minimum absolute atomic E-state index is 0.0990. The van der Waals surface area contributed by atoms with Gasteiger partial charge in [0.2, 0.25) is 0 Å². The van der Waals surface area contributed by atoms with Gasteiger partial charge in [0.25, 0.3) is 5.91 Å². The second-order valence-electron chi connectivity index (χ2n) is 4.47. The topological polar surface area (TPSA) is 86.4 Å². The van der Waals surface area contributed by atoms with E-state index in [0.717, 1.165) is 25.9 Å². The third-order valence-electron chi connectivity index (χ3n) is 2.91. The average molecular weight is 283 g/mol. The van der Waals surface area contributed by atoms with Gasteiger partial charge in [-0.1, -0.05) is 13.3 Å². The molecule has 0 bridgehead atoms. The summed E-state index contributed by atoms with van der Waals surface area (Å²) >= 11 is 0. The van der Waals surface area contributed by atoms with E-state index >= 15 is 0 Å². The third kappa shape index (κ3) is 4.65. The maximum Gasteiger partial charge on any atom is 0.323 e. The van der Waals surface area contributed by atoms with Gasteiger partial charge in [-0.15, -0.1) is 0 Å². The normalized spacial score (nSPS) is 10.5. The maximum atomic E-state index is 11.8. The van der Waals surface area contributed by atoms with Crippen molar-refractivity contribution in [2.24, 2.45) is 7.05 Å². The Morgan fingerprint density at radius 1 is 1.40 bits per heavy atom. The number of amides is 1. The van der Waals surface area contributed by atoms with Crippen molar-refractivity contribution in [3.63, 3.8) is 0 Å². The number of unbranched alkanes of at least 4 members (excludes halogenated alkanes) is 1. The Morgan fingerprint density at radius 2 is 2.10 bits per heavy atom. The molecule has 0 aliphatic carbocycles. The Labute approximate surface area is 118 Å². The summed E-state index contributed by atoms with van der Waals surface area (Å²) in [4.78, 5) is 22.0. The quantitative estimate of drug-likeness (QED) is 0.426. The summed E-state index contributed by atoms with van der Waals surface area (Å²) in [7, 11) is 1.50. The number of rotatable bonds is 9. The van der Waals surface area contributed by atoms with Gasteiger partial charge in [0.05, 0.1) is 7.05 Å². The molecule has 0 aromatic carbocycles. The molecule has 0 unspecified atom stereocenters. The Balaban J connectivity index is 2.31. The van der Waals surface area contributed by atoms with Crippen LogP contribution in [0.1, 0.15) is 36.7 Å². The van der Waals surface area contributed by atoms with E-state index in [9.17, 15) is 14.9 Å². The molecular formula is C13H21N3O4. The largest absolute Gasteiger partial charge is 0.381 e. The highest BCUT2D eigenvalue weighted by Gasteiger charge is 2.19. The van der Waals surface area contributed by atoms with Crippen molar-refractivity contribution in [1.29, 1.82) is 0 Å². The van der Waals surface area contributed by atoms with Gasteiger partial charge in [-0.25, -0.2) is 4.57 Å². The predicted octanol–water partition coefficient (Wildman–Crippen LogP) is 1.87. The van der Waals surface area contributed by atoms with Gasteiger partial charge in [-0.3, -0.25) is 4.79 Å². The van der Waals surface area contributed by atoms with Crippen LogP contribution in [0.15, 0.2) is 12.1 Å². The molecule has 0 spiro atoms. The number of hydrogen-bond donors (Lipinski definition) is 1. The van der Waals surface area contributed by atoms with Crippen molar-refractivity contribution in [2.45, 2.75) is 26.2 Å². The highest BCUT2D eigenvalue weighted by Crippen LogP contribution is 2.14. The van der Waals surface area contributed by atoms with Gasteiger partial charge in [-0.2, -0.15) is 0 Å². The SMILES string of the molecule is CCCCOCCCNC(=O)c1ccc([N+](=O)[O-])n1C. The Kier molecular flexibility index (Phi) is 6.72. The first kappa shape index (κ1) is 16.2. The summed E-state index contributed by atoms with van der Waals surface area (Å²) in [5, 5.41) is 13.4. The molecule has 0 atom stereocenters. The first-order valence-electron chi connectivity index (χ1n) is 6.74. The third-order valence-corrected chi connectivity index (χ3v) is 2.91. The van der Waals surface area contributed by atoms with Crippen molar-refractivity contribution in [2.75, 3.05) is 19.8 Å². The lowest BCUT2D eigenvalue weighted by molar-refractivity contribution is -0.391. The maximum absolute atomic E-state index is 11.8. The molecule has 1 aromatic heterocycles. The van der Waals surface area contributed by atoms with Crippen LogP contribution in [-0.4, -0.2) is 35.2 Å². The molecule has 0 radical (unpaired) electrons. The fraction of sp³-hybridized carbons (Fsp3) is 0.615. The molecular weight excluding hydrogens is 262 g/mol. The average Bonchev–Trinajstić information content (AvgIpc) is 2.79. The molecule has 0 aliphatic rings. The predicted molar refractivity (Wildman–Crippen MR) is 74.7 cm³/mol. The second-order valence-corrected chi connectivity index (χ2v) is 4.47. The number of aromatic nitrogens is 1. The van der Waals surface area contributed by atoms with E-state index in [0.29, 0.717) is 13.2 Å². The minimum atomic E-state index is -0.516. The van der Waals surface area contributed by atoms with Crippen LogP contribution in [0, 0.1) is 10.1 Å². The number of carbonyl (C=O) groups excluding carboxylic acids is 1. The van der Waals surface area contributed by atoms with Gasteiger partial charge < -0.3 is 20.2 Å².